The number of hydrogen-bond donors (Lipinski definition) is 2. The Bertz CT molecular complexity index is 920. The lowest BCUT2D eigenvalue weighted by atomic mass is 10.3. The molecule has 3 heterocycles. The second kappa shape index (κ2) is 6.59. The number of rotatable bonds is 5. The third kappa shape index (κ3) is 3.57. The van der Waals surface area contributed by atoms with Gasteiger partial charge in [-0.1, -0.05) is 0 Å². The van der Waals surface area contributed by atoms with Crippen LogP contribution < -0.4 is 10.6 Å². The molecule has 0 aliphatic heterocycles. The van der Waals surface area contributed by atoms with E-state index in [0.29, 0.717) is 17.8 Å². The molecular weight excluding hydrogens is 324 g/mol. The Labute approximate surface area is 143 Å². The van der Waals surface area contributed by atoms with Crippen molar-refractivity contribution in [3.63, 3.8) is 0 Å². The van der Waals surface area contributed by atoms with Crippen LogP contribution in [0.15, 0.2) is 31.0 Å². The summed E-state index contributed by atoms with van der Waals surface area (Å²) in [6.07, 6.45) is 7.97. The maximum atomic E-state index is 12.5. The first-order chi connectivity index (χ1) is 11.9. The van der Waals surface area contributed by atoms with E-state index in [4.69, 9.17) is 0 Å². The molecule has 25 heavy (non-hydrogen) atoms. The first-order valence-corrected chi connectivity index (χ1v) is 7.51. The van der Waals surface area contributed by atoms with Crippen LogP contribution in [0.25, 0.3) is 0 Å². The maximum Gasteiger partial charge on any atom is 0.271 e. The van der Waals surface area contributed by atoms with Gasteiger partial charge in [0.05, 0.1) is 29.8 Å². The largest absolute Gasteiger partial charge is 0.346 e. The van der Waals surface area contributed by atoms with Crippen molar-refractivity contribution in [1.29, 1.82) is 0 Å². The van der Waals surface area contributed by atoms with Crippen LogP contribution >= 0.6 is 0 Å². The number of anilines is 1. The highest BCUT2D eigenvalue weighted by atomic mass is 16.2. The molecule has 10 heteroatoms. The van der Waals surface area contributed by atoms with Crippen molar-refractivity contribution in [2.45, 2.75) is 6.54 Å². The number of carbonyl (C=O) groups excluding carboxylic acids is 2. The normalized spacial score (nSPS) is 10.7. The van der Waals surface area contributed by atoms with Crippen molar-refractivity contribution in [3.05, 3.63) is 47.8 Å². The van der Waals surface area contributed by atoms with Crippen LogP contribution in [-0.4, -0.2) is 41.2 Å². The van der Waals surface area contributed by atoms with Crippen molar-refractivity contribution in [1.82, 2.24) is 34.7 Å². The van der Waals surface area contributed by atoms with Crippen LogP contribution in [0.5, 0.6) is 0 Å². The van der Waals surface area contributed by atoms with Gasteiger partial charge in [0.1, 0.15) is 5.69 Å². The van der Waals surface area contributed by atoms with Gasteiger partial charge in [-0.25, -0.2) is 0 Å². The zero-order valence-corrected chi connectivity index (χ0v) is 14.1. The predicted molar refractivity (Wildman–Crippen MR) is 88.7 cm³/mol. The molecule has 0 spiro atoms. The van der Waals surface area contributed by atoms with E-state index in [9.17, 15) is 9.59 Å². The first-order valence-electron chi connectivity index (χ1n) is 7.51. The minimum Gasteiger partial charge on any atom is -0.346 e. The van der Waals surface area contributed by atoms with Gasteiger partial charge in [0.25, 0.3) is 11.8 Å². The van der Waals surface area contributed by atoms with Gasteiger partial charge in [0, 0.05) is 45.6 Å². The van der Waals surface area contributed by atoms with Crippen molar-refractivity contribution in [3.8, 4) is 0 Å². The summed E-state index contributed by atoms with van der Waals surface area (Å²) in [5, 5.41) is 17.5. The average Bonchev–Trinajstić information content (AvgIpc) is 3.26. The summed E-state index contributed by atoms with van der Waals surface area (Å²) in [4.78, 5) is 24.7. The molecule has 0 saturated heterocycles. The molecule has 0 aromatic carbocycles. The second-order valence-corrected chi connectivity index (χ2v) is 5.59. The van der Waals surface area contributed by atoms with Crippen LogP contribution in [0, 0.1) is 0 Å². The highest BCUT2D eigenvalue weighted by molar-refractivity contribution is 6.08. The summed E-state index contributed by atoms with van der Waals surface area (Å²) in [6.45, 7) is 0.327. The van der Waals surface area contributed by atoms with Crippen LogP contribution in [0.2, 0.25) is 0 Å². The van der Waals surface area contributed by atoms with E-state index in [-0.39, 0.29) is 17.5 Å². The van der Waals surface area contributed by atoms with Crippen molar-refractivity contribution >= 4 is 17.5 Å². The Kier molecular flexibility index (Phi) is 4.33. The molecule has 3 rings (SSSR count). The van der Waals surface area contributed by atoms with Crippen LogP contribution in [0.4, 0.5) is 5.69 Å². The quantitative estimate of drug-likeness (QED) is 0.681. The number of nitrogens with one attached hydrogen (secondary N) is 2. The van der Waals surface area contributed by atoms with Gasteiger partial charge in [-0.05, 0) is 0 Å². The van der Waals surface area contributed by atoms with E-state index in [1.165, 1.54) is 21.8 Å². The van der Waals surface area contributed by atoms with E-state index in [0.717, 1.165) is 5.56 Å². The fraction of sp³-hybridized carbons (Fsp3) is 0.267. The number of amides is 2. The van der Waals surface area contributed by atoms with Gasteiger partial charge in [-0.2, -0.15) is 15.3 Å². The SMILES string of the molecule is Cn1cc(CNC(=O)c2c(NC(=O)c3cnn(C)c3)cnn2C)cn1. The minimum absolute atomic E-state index is 0.265. The van der Waals surface area contributed by atoms with E-state index in [1.807, 2.05) is 6.20 Å². The fourth-order valence-electron chi connectivity index (χ4n) is 2.36. The Morgan fingerprint density at radius 3 is 2.32 bits per heavy atom. The number of nitrogens with zero attached hydrogens (tertiary/aromatic N) is 6. The molecule has 0 bridgehead atoms. The Morgan fingerprint density at radius 1 is 0.960 bits per heavy atom. The first kappa shape index (κ1) is 16.4. The zero-order valence-electron chi connectivity index (χ0n) is 14.1. The zero-order chi connectivity index (χ0) is 18.0. The number of hydrogen-bond acceptors (Lipinski definition) is 5. The molecular formula is C15H18N8O2. The summed E-state index contributed by atoms with van der Waals surface area (Å²) in [5.74, 6) is -0.701. The molecule has 0 fully saturated rings. The van der Waals surface area contributed by atoms with Gasteiger partial charge in [-0.15, -0.1) is 0 Å². The van der Waals surface area contributed by atoms with E-state index in [2.05, 4.69) is 25.9 Å². The highest BCUT2D eigenvalue weighted by Gasteiger charge is 2.19. The second-order valence-electron chi connectivity index (χ2n) is 5.59. The van der Waals surface area contributed by atoms with Gasteiger partial charge in [-0.3, -0.25) is 23.6 Å². The Balaban J connectivity index is 1.72. The molecule has 2 amide bonds. The molecule has 3 aromatic heterocycles. The maximum absolute atomic E-state index is 12.5. The minimum atomic E-state index is -0.359. The van der Waals surface area contributed by atoms with Crippen LogP contribution in [0.1, 0.15) is 26.4 Å². The summed E-state index contributed by atoms with van der Waals surface area (Å²) in [5.41, 5.74) is 1.87. The molecule has 0 unspecified atom stereocenters. The third-order valence-electron chi connectivity index (χ3n) is 3.58. The molecule has 0 atom stereocenters. The van der Waals surface area contributed by atoms with Gasteiger partial charge < -0.3 is 10.6 Å². The summed E-state index contributed by atoms with van der Waals surface area (Å²) in [6, 6.07) is 0. The van der Waals surface area contributed by atoms with E-state index >= 15 is 0 Å². The molecule has 0 aliphatic rings. The average molecular weight is 342 g/mol. The summed E-state index contributed by atoms with van der Waals surface area (Å²) in [7, 11) is 5.16. The summed E-state index contributed by atoms with van der Waals surface area (Å²) < 4.78 is 4.60. The Morgan fingerprint density at radius 2 is 1.68 bits per heavy atom. The number of aromatic nitrogens is 6. The molecule has 0 saturated carbocycles. The predicted octanol–water partition coefficient (Wildman–Crippen LogP) is 0.0694. The monoisotopic (exact) mass is 342 g/mol. The molecule has 2 N–H and O–H groups in total. The molecule has 130 valence electrons. The fourth-order valence-corrected chi connectivity index (χ4v) is 2.36. The lowest BCUT2D eigenvalue weighted by Crippen LogP contribution is -2.26. The standard InChI is InChI=1S/C15H18N8O2/c1-21-8-10(5-17-21)4-16-15(25)13-12(7-19-23(13)3)20-14(24)11-6-18-22(2)9-11/h5-9H,4H2,1-3H3,(H,16,25)(H,20,24). The van der Waals surface area contributed by atoms with Gasteiger partial charge >= 0.3 is 0 Å². The van der Waals surface area contributed by atoms with Crippen molar-refractivity contribution in [2.24, 2.45) is 21.1 Å². The lowest BCUT2D eigenvalue weighted by molar-refractivity contribution is 0.0942. The van der Waals surface area contributed by atoms with Gasteiger partial charge in [0.2, 0.25) is 0 Å². The highest BCUT2D eigenvalue weighted by Crippen LogP contribution is 2.15. The molecule has 3 aromatic rings. The molecule has 0 aliphatic carbocycles. The van der Waals surface area contributed by atoms with Crippen LogP contribution in [-0.2, 0) is 27.7 Å². The van der Waals surface area contributed by atoms with Crippen molar-refractivity contribution in [2.75, 3.05) is 5.32 Å². The van der Waals surface area contributed by atoms with E-state index < -0.39 is 0 Å². The number of aryl methyl sites for hydroxylation is 3. The third-order valence-corrected chi connectivity index (χ3v) is 3.58. The van der Waals surface area contributed by atoms with Gasteiger partial charge in [0.15, 0.2) is 0 Å². The summed E-state index contributed by atoms with van der Waals surface area (Å²) >= 11 is 0. The van der Waals surface area contributed by atoms with Crippen LogP contribution in [0.3, 0.4) is 0 Å². The number of carbonyl (C=O) groups is 2. The van der Waals surface area contributed by atoms with Crippen molar-refractivity contribution < 1.29 is 9.59 Å². The lowest BCUT2D eigenvalue weighted by Gasteiger charge is -2.08. The molecule has 10 nitrogen and oxygen atoms in total. The smallest absolute Gasteiger partial charge is 0.271 e. The van der Waals surface area contributed by atoms with E-state index in [1.54, 1.807) is 38.2 Å². The topological polar surface area (TPSA) is 112 Å². The molecule has 0 radical (unpaired) electrons. The Hall–Kier alpha value is -3.43.